The van der Waals surface area contributed by atoms with Gasteiger partial charge in [-0.3, -0.25) is 9.59 Å². The first kappa shape index (κ1) is 13.7. The summed E-state index contributed by atoms with van der Waals surface area (Å²) in [5.41, 5.74) is 1.16. The molecule has 1 fully saturated rings. The summed E-state index contributed by atoms with van der Waals surface area (Å²) in [4.78, 5) is 22.8. The van der Waals surface area contributed by atoms with Crippen molar-refractivity contribution in [3.63, 3.8) is 0 Å². The number of aryl methyl sites for hydroxylation is 1. The van der Waals surface area contributed by atoms with E-state index in [2.05, 4.69) is 10.6 Å². The number of rotatable bonds is 5. The molecule has 1 aromatic rings. The van der Waals surface area contributed by atoms with Gasteiger partial charge in [0.25, 0.3) is 0 Å². The van der Waals surface area contributed by atoms with Crippen molar-refractivity contribution in [2.75, 3.05) is 13.3 Å². The van der Waals surface area contributed by atoms with Crippen LogP contribution >= 0.6 is 0 Å². The van der Waals surface area contributed by atoms with E-state index in [0.29, 0.717) is 19.4 Å². The minimum atomic E-state index is -0.358. The number of ether oxygens (including phenoxy) is 2. The summed E-state index contributed by atoms with van der Waals surface area (Å²) in [6.07, 6.45) is 2.72. The molecular weight excluding hydrogens is 272 g/mol. The predicted octanol–water partition coefficient (Wildman–Crippen LogP) is 0.743. The number of hydrogen-bond donors (Lipinski definition) is 2. The maximum atomic E-state index is 11.8. The van der Waals surface area contributed by atoms with Gasteiger partial charge >= 0.3 is 0 Å². The second-order valence-electron chi connectivity index (χ2n) is 5.24. The average molecular weight is 290 g/mol. The van der Waals surface area contributed by atoms with E-state index in [4.69, 9.17) is 9.47 Å². The lowest BCUT2D eigenvalue weighted by atomic mass is 10.1. The number of amides is 2. The third-order valence-electron chi connectivity index (χ3n) is 3.69. The predicted molar refractivity (Wildman–Crippen MR) is 75.1 cm³/mol. The summed E-state index contributed by atoms with van der Waals surface area (Å²) in [6, 6.07) is 5.53. The first-order valence-electron chi connectivity index (χ1n) is 7.18. The molecule has 3 rings (SSSR count). The van der Waals surface area contributed by atoms with Gasteiger partial charge in [0.1, 0.15) is 6.04 Å². The molecule has 6 nitrogen and oxygen atoms in total. The van der Waals surface area contributed by atoms with Gasteiger partial charge in [0.15, 0.2) is 11.5 Å². The molecular formula is C15H18N2O4. The van der Waals surface area contributed by atoms with Crippen molar-refractivity contribution in [1.29, 1.82) is 0 Å². The van der Waals surface area contributed by atoms with Gasteiger partial charge in [-0.05, 0) is 37.0 Å². The van der Waals surface area contributed by atoms with Crippen LogP contribution in [-0.2, 0) is 16.0 Å². The van der Waals surface area contributed by atoms with E-state index >= 15 is 0 Å². The van der Waals surface area contributed by atoms with Crippen LogP contribution in [0.25, 0.3) is 0 Å². The summed E-state index contributed by atoms with van der Waals surface area (Å²) >= 11 is 0. The largest absolute Gasteiger partial charge is 0.454 e. The van der Waals surface area contributed by atoms with E-state index in [1.54, 1.807) is 0 Å². The first-order valence-corrected chi connectivity index (χ1v) is 7.18. The van der Waals surface area contributed by atoms with Gasteiger partial charge in [-0.1, -0.05) is 6.07 Å². The van der Waals surface area contributed by atoms with Gasteiger partial charge in [-0.25, -0.2) is 0 Å². The zero-order chi connectivity index (χ0) is 14.7. The van der Waals surface area contributed by atoms with Gasteiger partial charge in [-0.2, -0.15) is 0 Å². The Bertz CT molecular complexity index is 559. The van der Waals surface area contributed by atoms with Crippen molar-refractivity contribution in [3.8, 4) is 11.5 Å². The Morgan fingerprint density at radius 3 is 3.00 bits per heavy atom. The molecule has 2 heterocycles. The molecule has 6 heteroatoms. The summed E-state index contributed by atoms with van der Waals surface area (Å²) < 4.78 is 10.6. The molecule has 1 unspecified atom stereocenters. The van der Waals surface area contributed by atoms with Crippen LogP contribution in [0, 0.1) is 0 Å². The third-order valence-corrected chi connectivity index (χ3v) is 3.69. The molecule has 2 aliphatic rings. The highest BCUT2D eigenvalue weighted by atomic mass is 16.7. The fourth-order valence-electron chi connectivity index (χ4n) is 2.53. The van der Waals surface area contributed by atoms with Gasteiger partial charge in [-0.15, -0.1) is 0 Å². The maximum absolute atomic E-state index is 11.8. The van der Waals surface area contributed by atoms with Crippen LogP contribution in [0.15, 0.2) is 18.2 Å². The second-order valence-corrected chi connectivity index (χ2v) is 5.24. The van der Waals surface area contributed by atoms with Crippen molar-refractivity contribution in [3.05, 3.63) is 23.8 Å². The molecule has 1 atom stereocenters. The van der Waals surface area contributed by atoms with Crippen molar-refractivity contribution in [1.82, 2.24) is 10.6 Å². The Morgan fingerprint density at radius 2 is 2.19 bits per heavy atom. The topological polar surface area (TPSA) is 76.7 Å². The number of nitrogens with one attached hydrogen (secondary N) is 2. The number of carbonyl (C=O) groups excluding carboxylic acids is 2. The number of fused-ring (bicyclic) bond motifs is 1. The lowest BCUT2D eigenvalue weighted by Gasteiger charge is -2.10. The monoisotopic (exact) mass is 290 g/mol. The third kappa shape index (κ3) is 3.26. The van der Waals surface area contributed by atoms with E-state index in [-0.39, 0.29) is 24.6 Å². The van der Waals surface area contributed by atoms with Crippen LogP contribution in [0.1, 0.15) is 24.8 Å². The second kappa shape index (κ2) is 6.03. The molecule has 0 spiro atoms. The van der Waals surface area contributed by atoms with Crippen molar-refractivity contribution >= 4 is 11.8 Å². The van der Waals surface area contributed by atoms with Crippen LogP contribution in [0.3, 0.4) is 0 Å². The summed E-state index contributed by atoms with van der Waals surface area (Å²) in [7, 11) is 0. The van der Waals surface area contributed by atoms with Gasteiger partial charge in [0.05, 0.1) is 0 Å². The fourth-order valence-corrected chi connectivity index (χ4v) is 2.53. The van der Waals surface area contributed by atoms with Crippen LogP contribution < -0.4 is 20.1 Å². The molecule has 112 valence electrons. The van der Waals surface area contributed by atoms with Gasteiger partial charge < -0.3 is 20.1 Å². The van der Waals surface area contributed by atoms with Crippen molar-refractivity contribution < 1.29 is 19.1 Å². The van der Waals surface area contributed by atoms with E-state index in [1.807, 2.05) is 18.2 Å². The van der Waals surface area contributed by atoms with Crippen LogP contribution in [0.4, 0.5) is 0 Å². The van der Waals surface area contributed by atoms with Crippen LogP contribution in [0.2, 0.25) is 0 Å². The van der Waals surface area contributed by atoms with E-state index in [9.17, 15) is 9.59 Å². The molecule has 2 N–H and O–H groups in total. The molecule has 2 aliphatic heterocycles. The minimum Gasteiger partial charge on any atom is -0.454 e. The Hall–Kier alpha value is -2.24. The highest BCUT2D eigenvalue weighted by Crippen LogP contribution is 2.32. The van der Waals surface area contributed by atoms with Crippen molar-refractivity contribution in [2.24, 2.45) is 0 Å². The van der Waals surface area contributed by atoms with E-state index < -0.39 is 0 Å². The maximum Gasteiger partial charge on any atom is 0.242 e. The highest BCUT2D eigenvalue weighted by Gasteiger charge is 2.26. The molecule has 0 aliphatic carbocycles. The lowest BCUT2D eigenvalue weighted by molar-refractivity contribution is -0.125. The molecule has 0 saturated carbocycles. The summed E-state index contributed by atoms with van der Waals surface area (Å²) in [5, 5.41) is 5.52. The van der Waals surface area contributed by atoms with Crippen molar-refractivity contribution in [2.45, 2.75) is 31.7 Å². The average Bonchev–Trinajstić information content (AvgIpc) is 3.11. The van der Waals surface area contributed by atoms with E-state index in [1.165, 1.54) is 0 Å². The van der Waals surface area contributed by atoms with Gasteiger partial charge in [0.2, 0.25) is 18.6 Å². The molecule has 0 radical (unpaired) electrons. The van der Waals surface area contributed by atoms with Gasteiger partial charge in [0, 0.05) is 13.0 Å². The molecule has 1 aromatic carbocycles. The standard InChI is InChI=1S/C15H18N2O4/c18-14-6-4-11(17-14)15(19)16-7-1-2-10-3-5-12-13(8-10)21-9-20-12/h3,5,8,11H,1-2,4,6-7,9H2,(H,16,19)(H,17,18). The van der Waals surface area contributed by atoms with E-state index in [0.717, 1.165) is 29.9 Å². The first-order chi connectivity index (χ1) is 10.2. The molecule has 0 aromatic heterocycles. The normalized spacial score (nSPS) is 19.4. The Kier molecular flexibility index (Phi) is 3.94. The Morgan fingerprint density at radius 1 is 1.33 bits per heavy atom. The lowest BCUT2D eigenvalue weighted by Crippen LogP contribution is -2.41. The zero-order valence-electron chi connectivity index (χ0n) is 11.7. The number of benzene rings is 1. The fraction of sp³-hybridized carbons (Fsp3) is 0.467. The summed E-state index contributed by atoms with van der Waals surface area (Å²) in [5.74, 6) is 1.43. The Labute approximate surface area is 122 Å². The zero-order valence-corrected chi connectivity index (χ0v) is 11.7. The SMILES string of the molecule is O=C1CCC(C(=O)NCCCc2ccc3c(c2)OCO3)N1. The highest BCUT2D eigenvalue weighted by molar-refractivity contribution is 5.90. The molecule has 1 saturated heterocycles. The number of hydrogen-bond acceptors (Lipinski definition) is 4. The van der Waals surface area contributed by atoms with Crippen LogP contribution in [-0.4, -0.2) is 31.2 Å². The summed E-state index contributed by atoms with van der Waals surface area (Å²) in [6.45, 7) is 0.877. The smallest absolute Gasteiger partial charge is 0.242 e. The molecule has 0 bridgehead atoms. The van der Waals surface area contributed by atoms with Crippen LogP contribution in [0.5, 0.6) is 11.5 Å². The molecule has 21 heavy (non-hydrogen) atoms. The minimum absolute atomic E-state index is 0.0458. The number of carbonyl (C=O) groups is 2. The molecule has 2 amide bonds. The Balaban J connectivity index is 1.40. The quantitative estimate of drug-likeness (QED) is 0.784.